The minimum atomic E-state index is -1.08. The van der Waals surface area contributed by atoms with Crippen molar-refractivity contribution < 1.29 is 22.8 Å². The number of aromatic nitrogens is 2. The highest BCUT2D eigenvalue weighted by Crippen LogP contribution is 2.30. The number of rotatable bonds is 5. The number of benzene rings is 2. The van der Waals surface area contributed by atoms with Crippen molar-refractivity contribution in [3.8, 4) is 0 Å². The van der Waals surface area contributed by atoms with Crippen LogP contribution in [0.5, 0.6) is 0 Å². The summed E-state index contributed by atoms with van der Waals surface area (Å²) in [5.41, 5.74) is 2.01. The first-order valence-electron chi connectivity index (χ1n) is 9.78. The molecular weight excluding hydrogens is 423 g/mol. The predicted molar refractivity (Wildman–Crippen MR) is 110 cm³/mol. The molecule has 0 spiro atoms. The Kier molecular flexibility index (Phi) is 5.60. The average Bonchev–Trinajstić information content (AvgIpc) is 3.14. The van der Waals surface area contributed by atoms with Gasteiger partial charge in [0.05, 0.1) is 17.9 Å². The lowest BCUT2D eigenvalue weighted by Crippen LogP contribution is -2.45. The zero-order chi connectivity index (χ0) is 23.0. The molecule has 0 fully saturated rings. The highest BCUT2D eigenvalue weighted by molar-refractivity contribution is 5.99. The number of nitrogens with zero attached hydrogens (tertiary/aromatic N) is 4. The smallest absolute Gasteiger partial charge is 0.324 e. The highest BCUT2D eigenvalue weighted by Gasteiger charge is 2.29. The van der Waals surface area contributed by atoms with Crippen molar-refractivity contribution in [1.82, 2.24) is 20.0 Å². The fraction of sp³-hybridized carbons (Fsp3) is 0.227. The average molecular weight is 443 g/mol. The van der Waals surface area contributed by atoms with E-state index in [1.165, 1.54) is 0 Å². The van der Waals surface area contributed by atoms with Crippen LogP contribution in [0.3, 0.4) is 0 Å². The summed E-state index contributed by atoms with van der Waals surface area (Å²) < 4.78 is 42.4. The molecule has 1 aliphatic heterocycles. The Morgan fingerprint density at radius 3 is 2.47 bits per heavy atom. The van der Waals surface area contributed by atoms with E-state index in [9.17, 15) is 22.8 Å². The molecule has 0 saturated carbocycles. The van der Waals surface area contributed by atoms with E-state index >= 15 is 0 Å². The molecule has 0 bridgehead atoms. The lowest BCUT2D eigenvalue weighted by atomic mass is 10.0. The van der Waals surface area contributed by atoms with Gasteiger partial charge in [-0.15, -0.1) is 0 Å². The third-order valence-corrected chi connectivity index (χ3v) is 5.38. The second-order valence-corrected chi connectivity index (χ2v) is 7.55. The third-order valence-electron chi connectivity index (χ3n) is 5.38. The summed E-state index contributed by atoms with van der Waals surface area (Å²) in [6, 6.07) is 7.57. The Morgan fingerprint density at radius 2 is 1.81 bits per heavy atom. The molecule has 166 valence electrons. The second-order valence-electron chi connectivity index (χ2n) is 7.55. The van der Waals surface area contributed by atoms with E-state index in [0.29, 0.717) is 24.4 Å². The molecule has 0 atom stereocenters. The fourth-order valence-corrected chi connectivity index (χ4v) is 3.61. The van der Waals surface area contributed by atoms with Gasteiger partial charge < -0.3 is 10.2 Å². The maximum absolute atomic E-state index is 13.8. The summed E-state index contributed by atoms with van der Waals surface area (Å²) in [4.78, 5) is 28.6. The van der Waals surface area contributed by atoms with E-state index in [-0.39, 0.29) is 18.1 Å². The zero-order valence-corrected chi connectivity index (χ0v) is 17.4. The number of halogens is 3. The van der Waals surface area contributed by atoms with Crippen molar-refractivity contribution in [3.05, 3.63) is 82.4 Å². The fourth-order valence-electron chi connectivity index (χ4n) is 3.61. The highest BCUT2D eigenvalue weighted by atomic mass is 19.1. The number of hydrogen-bond acceptors (Lipinski definition) is 3. The van der Waals surface area contributed by atoms with Gasteiger partial charge in [0.15, 0.2) is 0 Å². The molecule has 32 heavy (non-hydrogen) atoms. The van der Waals surface area contributed by atoms with E-state index in [4.69, 9.17) is 0 Å². The number of amides is 3. The third kappa shape index (κ3) is 4.03. The van der Waals surface area contributed by atoms with Gasteiger partial charge >= 0.3 is 6.03 Å². The number of carbonyl (C=O) groups is 2. The van der Waals surface area contributed by atoms with Crippen LogP contribution in [0, 0.1) is 17.5 Å². The van der Waals surface area contributed by atoms with E-state index in [1.807, 2.05) is 0 Å². The normalized spacial score (nSPS) is 13.3. The van der Waals surface area contributed by atoms with Crippen LogP contribution >= 0.6 is 0 Å². The van der Waals surface area contributed by atoms with Crippen molar-refractivity contribution >= 4 is 17.6 Å². The number of urea groups is 1. The minimum Gasteiger partial charge on any atom is -0.348 e. The summed E-state index contributed by atoms with van der Waals surface area (Å²) in [6.07, 6.45) is 1.63. The summed E-state index contributed by atoms with van der Waals surface area (Å²) >= 11 is 0. The van der Waals surface area contributed by atoms with Crippen LogP contribution in [-0.2, 0) is 26.7 Å². The largest absolute Gasteiger partial charge is 0.348 e. The molecule has 1 N–H and O–H groups in total. The number of fused-ring (bicyclic) bond motifs is 1. The zero-order valence-electron chi connectivity index (χ0n) is 17.4. The molecule has 10 heteroatoms. The van der Waals surface area contributed by atoms with Gasteiger partial charge in [-0.05, 0) is 23.8 Å². The molecule has 7 nitrogen and oxygen atoms in total. The molecule has 0 radical (unpaired) electrons. The van der Waals surface area contributed by atoms with Crippen LogP contribution in [0.25, 0.3) is 0 Å². The van der Waals surface area contributed by atoms with Gasteiger partial charge in [0.25, 0.3) is 5.91 Å². The first-order valence-corrected chi connectivity index (χ1v) is 9.78. The van der Waals surface area contributed by atoms with Gasteiger partial charge in [0, 0.05) is 56.6 Å². The number of anilines is 1. The molecule has 2 heterocycles. The predicted octanol–water partition coefficient (Wildman–Crippen LogP) is 3.34. The Labute approximate surface area is 182 Å². The molecule has 1 aromatic heterocycles. The van der Waals surface area contributed by atoms with E-state index in [0.717, 1.165) is 11.3 Å². The van der Waals surface area contributed by atoms with E-state index in [1.54, 1.807) is 59.0 Å². The Morgan fingerprint density at radius 1 is 1.09 bits per heavy atom. The Bertz CT molecular complexity index is 1190. The lowest BCUT2D eigenvalue weighted by molar-refractivity contribution is 0.0950. The van der Waals surface area contributed by atoms with Gasteiger partial charge in [0.2, 0.25) is 0 Å². The van der Waals surface area contributed by atoms with Crippen LogP contribution in [-0.4, -0.2) is 33.7 Å². The van der Waals surface area contributed by atoms with Gasteiger partial charge in [-0.1, -0.05) is 6.07 Å². The first kappa shape index (κ1) is 21.4. The number of nitrogens with one attached hydrogen (secondary N) is 1. The van der Waals surface area contributed by atoms with E-state index < -0.39 is 35.5 Å². The van der Waals surface area contributed by atoms with Crippen LogP contribution < -0.4 is 10.2 Å². The van der Waals surface area contributed by atoms with Gasteiger partial charge in [-0.25, -0.2) is 18.0 Å². The van der Waals surface area contributed by atoms with Crippen molar-refractivity contribution in [2.24, 2.45) is 7.05 Å². The van der Waals surface area contributed by atoms with Crippen molar-refractivity contribution in [2.45, 2.75) is 19.6 Å². The van der Waals surface area contributed by atoms with Gasteiger partial charge in [0.1, 0.15) is 17.5 Å². The van der Waals surface area contributed by atoms with E-state index in [2.05, 4.69) is 10.4 Å². The van der Waals surface area contributed by atoms with Gasteiger partial charge in [-0.2, -0.15) is 5.10 Å². The van der Waals surface area contributed by atoms with Crippen molar-refractivity contribution in [2.75, 3.05) is 11.9 Å². The maximum Gasteiger partial charge on any atom is 0.324 e. The molecule has 0 saturated heterocycles. The first-order chi connectivity index (χ1) is 15.2. The maximum atomic E-state index is 13.8. The van der Waals surface area contributed by atoms with Crippen molar-refractivity contribution in [3.63, 3.8) is 0 Å². The molecule has 0 unspecified atom stereocenters. The topological polar surface area (TPSA) is 70.5 Å². The number of hydrogen-bond donors (Lipinski definition) is 1. The van der Waals surface area contributed by atoms with Crippen LogP contribution in [0.4, 0.5) is 23.7 Å². The van der Waals surface area contributed by atoms with Gasteiger partial charge in [-0.3, -0.25) is 14.4 Å². The summed E-state index contributed by atoms with van der Waals surface area (Å²) in [6.45, 7) is 0.183. The molecular formula is C22H20F3N5O2. The monoisotopic (exact) mass is 443 g/mol. The molecule has 1 aliphatic rings. The number of aryl methyl sites for hydroxylation is 1. The standard InChI is InChI=1S/C22H20F3N5O2/c1-28-11-14-4-3-13(21(31)26-10-17-18(24)8-15(23)9-19(17)25)7-20(14)30(22(28)32)12-16-5-6-27-29(16)2/h3-9H,10-12H2,1-2H3,(H,26,31). The summed E-state index contributed by atoms with van der Waals surface area (Å²) in [5.74, 6) is -3.77. The molecule has 3 amide bonds. The number of carbonyl (C=O) groups excluding carboxylic acids is 2. The summed E-state index contributed by atoms with van der Waals surface area (Å²) in [5, 5.41) is 6.56. The minimum absolute atomic E-state index is 0.221. The molecule has 3 aromatic rings. The van der Waals surface area contributed by atoms with Crippen LogP contribution in [0.2, 0.25) is 0 Å². The Hall–Kier alpha value is -3.82. The molecule has 4 rings (SSSR count). The quantitative estimate of drug-likeness (QED) is 0.658. The van der Waals surface area contributed by atoms with Crippen LogP contribution in [0.15, 0.2) is 42.6 Å². The second kappa shape index (κ2) is 8.37. The Balaban J connectivity index is 1.58. The van der Waals surface area contributed by atoms with Crippen LogP contribution in [0.1, 0.15) is 27.2 Å². The van der Waals surface area contributed by atoms with Crippen molar-refractivity contribution in [1.29, 1.82) is 0 Å². The summed E-state index contributed by atoms with van der Waals surface area (Å²) in [7, 11) is 3.46. The molecule has 2 aromatic carbocycles. The SMILES string of the molecule is CN1Cc2ccc(C(=O)NCc3c(F)cc(F)cc3F)cc2N(Cc2ccnn2C)C1=O. The molecule has 0 aliphatic carbocycles. The lowest BCUT2D eigenvalue weighted by Gasteiger charge is -2.35.